The molecule has 0 unspecified atom stereocenters. The molecule has 0 aliphatic carbocycles. The predicted molar refractivity (Wildman–Crippen MR) is 104 cm³/mol. The van der Waals surface area contributed by atoms with Gasteiger partial charge in [-0.1, -0.05) is 0 Å². The van der Waals surface area contributed by atoms with Gasteiger partial charge in [-0.2, -0.15) is 0 Å². The van der Waals surface area contributed by atoms with Crippen LogP contribution in [-0.4, -0.2) is 60.6 Å². The van der Waals surface area contributed by atoms with E-state index in [0.717, 1.165) is 29.9 Å². The Labute approximate surface area is 163 Å². The Morgan fingerprint density at radius 1 is 1.36 bits per heavy atom. The third kappa shape index (κ3) is 4.90. The first-order chi connectivity index (χ1) is 11.7. The molecule has 0 N–H and O–H groups in total. The van der Waals surface area contributed by atoms with Crippen molar-refractivity contribution in [2.75, 3.05) is 13.1 Å². The maximum absolute atomic E-state index is 12.2. The van der Waals surface area contributed by atoms with Crippen LogP contribution in [0.5, 0.6) is 0 Å². The van der Waals surface area contributed by atoms with E-state index in [0.29, 0.717) is 6.04 Å². The van der Waals surface area contributed by atoms with Crippen molar-refractivity contribution in [3.63, 3.8) is 0 Å². The molecule has 1 saturated heterocycles. The summed E-state index contributed by atoms with van der Waals surface area (Å²) in [4.78, 5) is 15.2. The number of piperidine rings is 1. The zero-order chi connectivity index (χ0) is 18.2. The van der Waals surface area contributed by atoms with E-state index in [2.05, 4.69) is 30.8 Å². The van der Waals surface area contributed by atoms with Gasteiger partial charge in [-0.15, -0.1) is 0 Å². The van der Waals surface area contributed by atoms with E-state index in [1.54, 1.807) is 2.89 Å². The van der Waals surface area contributed by atoms with Crippen molar-refractivity contribution in [2.24, 2.45) is 0 Å². The van der Waals surface area contributed by atoms with Crippen molar-refractivity contribution in [3.8, 4) is 0 Å². The Hall–Kier alpha value is -0.761. The fraction of sp³-hybridized carbons (Fsp3) is 0.667. The molecule has 2 radical (unpaired) electrons. The molecule has 0 aromatic carbocycles. The number of aromatic nitrogens is 2. The summed E-state index contributed by atoms with van der Waals surface area (Å²) in [6, 6.07) is 2.73. The van der Waals surface area contributed by atoms with Gasteiger partial charge < -0.3 is 0 Å². The van der Waals surface area contributed by atoms with Crippen LogP contribution in [0.1, 0.15) is 53.5 Å². The molecule has 2 aromatic rings. The fourth-order valence-electron chi connectivity index (χ4n) is 3.02. The molecule has 0 atom stereocenters. The van der Waals surface area contributed by atoms with Crippen molar-refractivity contribution in [1.29, 1.82) is 0 Å². The maximum atomic E-state index is 12.2. The molecule has 3 heterocycles. The number of amides is 1. The molecule has 1 amide bonds. The average molecular weight is 468 g/mol. The molecule has 5 nitrogen and oxygen atoms in total. The van der Waals surface area contributed by atoms with E-state index < -0.39 is 26.7 Å². The SMILES string of the molecule is C[CH](C)[Sn][c]1cc2cn(C3CCN(C(=O)OC(C)(C)C)CC3)nc2s1. The first-order valence-corrected chi connectivity index (χ1v) is 12.8. The molecule has 2 aromatic heterocycles. The van der Waals surface area contributed by atoms with E-state index >= 15 is 0 Å². The van der Waals surface area contributed by atoms with Crippen molar-refractivity contribution < 1.29 is 9.53 Å². The van der Waals surface area contributed by atoms with Crippen LogP contribution >= 0.6 is 11.3 Å². The van der Waals surface area contributed by atoms with E-state index in [1.165, 1.54) is 10.2 Å². The summed E-state index contributed by atoms with van der Waals surface area (Å²) in [6.07, 6.45) is 3.87. The summed E-state index contributed by atoms with van der Waals surface area (Å²) in [5, 5.41) is 6.11. The fourth-order valence-corrected chi connectivity index (χ4v) is 9.06. The first-order valence-electron chi connectivity index (χ1n) is 8.94. The van der Waals surface area contributed by atoms with Gasteiger partial charge in [-0.25, -0.2) is 0 Å². The summed E-state index contributed by atoms with van der Waals surface area (Å²) in [5.41, 5.74) is -0.433. The molecule has 136 valence electrons. The van der Waals surface area contributed by atoms with Gasteiger partial charge in [0, 0.05) is 0 Å². The number of nitrogens with zero attached hydrogens (tertiary/aromatic N) is 3. The Balaban J connectivity index is 1.60. The van der Waals surface area contributed by atoms with Crippen LogP contribution in [0.15, 0.2) is 12.3 Å². The molecule has 0 spiro atoms. The zero-order valence-electron chi connectivity index (χ0n) is 15.7. The van der Waals surface area contributed by atoms with Crippen LogP contribution in [0.4, 0.5) is 4.79 Å². The predicted octanol–water partition coefficient (Wildman–Crippen LogP) is 3.83. The van der Waals surface area contributed by atoms with E-state index in [-0.39, 0.29) is 6.09 Å². The van der Waals surface area contributed by atoms with Gasteiger partial charge in [0.2, 0.25) is 0 Å². The molecule has 3 rings (SSSR count). The van der Waals surface area contributed by atoms with Gasteiger partial charge in [-0.3, -0.25) is 0 Å². The van der Waals surface area contributed by atoms with Crippen LogP contribution < -0.4 is 2.89 Å². The Bertz CT molecular complexity index is 708. The number of hydrogen-bond donors (Lipinski definition) is 0. The van der Waals surface area contributed by atoms with Crippen LogP contribution in [0.25, 0.3) is 10.2 Å². The second-order valence-corrected chi connectivity index (χ2v) is 15.7. The molecule has 1 aliphatic heterocycles. The average Bonchev–Trinajstić information content (AvgIpc) is 3.03. The summed E-state index contributed by atoms with van der Waals surface area (Å²) in [6.45, 7) is 11.8. The number of fused-ring (bicyclic) bond motifs is 1. The van der Waals surface area contributed by atoms with Crippen molar-refractivity contribution in [2.45, 2.75) is 63.0 Å². The molecule has 1 fully saturated rings. The van der Waals surface area contributed by atoms with Crippen molar-refractivity contribution in [3.05, 3.63) is 12.3 Å². The number of carbonyl (C=O) groups excluding carboxylic acids is 1. The van der Waals surface area contributed by atoms with E-state index in [4.69, 9.17) is 9.84 Å². The van der Waals surface area contributed by atoms with E-state index in [9.17, 15) is 4.79 Å². The van der Waals surface area contributed by atoms with Gasteiger partial charge >= 0.3 is 144 Å². The third-order valence-electron chi connectivity index (χ3n) is 4.14. The van der Waals surface area contributed by atoms with E-state index in [1.807, 2.05) is 37.0 Å². The van der Waals surface area contributed by atoms with Crippen LogP contribution in [0.2, 0.25) is 3.93 Å². The van der Waals surface area contributed by atoms with Crippen molar-refractivity contribution in [1.82, 2.24) is 14.7 Å². The molecule has 0 bridgehead atoms. The van der Waals surface area contributed by atoms with Gasteiger partial charge in [0.1, 0.15) is 0 Å². The summed E-state index contributed by atoms with van der Waals surface area (Å²) >= 11 is 1.43. The number of carbonyl (C=O) groups is 1. The summed E-state index contributed by atoms with van der Waals surface area (Å²) in [5.74, 6) is 0. The minimum absolute atomic E-state index is 0.197. The van der Waals surface area contributed by atoms with Crippen LogP contribution in [0, 0.1) is 0 Å². The van der Waals surface area contributed by atoms with Crippen LogP contribution in [0.3, 0.4) is 0 Å². The Morgan fingerprint density at radius 3 is 2.60 bits per heavy atom. The standard InChI is InChI=1S/C15H20N3O2S.C3H7.Sn/c1-15(2,3)20-14(19)17-7-4-12(5-8-17)18-10-11-6-9-21-13(11)16-18;1-3-2;/h6,10,12H,4-5,7-8H2,1-3H3;3H,1-2H3;. The van der Waals surface area contributed by atoms with Crippen LogP contribution in [-0.2, 0) is 4.74 Å². The Morgan fingerprint density at radius 2 is 2.04 bits per heavy atom. The first kappa shape index (κ1) is 19.0. The summed E-state index contributed by atoms with van der Waals surface area (Å²) < 4.78 is 10.0. The van der Waals surface area contributed by atoms with Gasteiger partial charge in [-0.05, 0) is 20.8 Å². The van der Waals surface area contributed by atoms with Gasteiger partial charge in [0.15, 0.2) is 0 Å². The molecular weight excluding hydrogens is 441 g/mol. The van der Waals surface area contributed by atoms with Gasteiger partial charge in [0.05, 0.1) is 0 Å². The number of ether oxygens (including phenoxy) is 1. The number of thiophene rings is 1. The monoisotopic (exact) mass is 469 g/mol. The number of likely N-dealkylation sites (tertiary alicyclic amines) is 1. The minimum atomic E-state index is -0.448. The third-order valence-corrected chi connectivity index (χ3v) is 9.52. The zero-order valence-corrected chi connectivity index (χ0v) is 19.4. The molecular formula is C18H27N3O2SSn. The summed E-state index contributed by atoms with van der Waals surface area (Å²) in [7, 11) is 0. The molecule has 1 aliphatic rings. The second kappa shape index (κ2) is 7.46. The Kier molecular flexibility index (Phi) is 5.68. The molecule has 7 heteroatoms. The second-order valence-electron chi connectivity index (χ2n) is 7.98. The normalized spacial score (nSPS) is 16.8. The van der Waals surface area contributed by atoms with Crippen molar-refractivity contribution >= 4 is 51.7 Å². The number of rotatable bonds is 3. The number of hydrogen-bond acceptors (Lipinski definition) is 4. The topological polar surface area (TPSA) is 47.4 Å². The molecule has 25 heavy (non-hydrogen) atoms. The van der Waals surface area contributed by atoms with Gasteiger partial charge in [0.25, 0.3) is 0 Å². The quantitative estimate of drug-likeness (QED) is 0.644. The molecule has 0 saturated carbocycles.